The number of nitrogens with two attached hydrogens (primary N) is 1. The van der Waals surface area contributed by atoms with E-state index in [2.05, 4.69) is 10.3 Å². The molecule has 0 aliphatic rings. The van der Waals surface area contributed by atoms with Gasteiger partial charge in [0.2, 0.25) is 5.91 Å². The number of nitrogens with one attached hydrogen (secondary N) is 1. The molecule has 0 unspecified atom stereocenters. The largest absolute Gasteiger partial charge is 0.399 e. The zero-order chi connectivity index (χ0) is 14.8. The number of benzene rings is 1. The number of carbonyl (C=O) groups excluding carboxylic acids is 1. The van der Waals surface area contributed by atoms with Gasteiger partial charge in [-0.15, -0.1) is 11.3 Å². The van der Waals surface area contributed by atoms with E-state index in [0.29, 0.717) is 12.1 Å². The molecule has 1 heterocycles. The molecule has 0 atom stereocenters. The van der Waals surface area contributed by atoms with Crippen LogP contribution in [0.3, 0.4) is 0 Å². The van der Waals surface area contributed by atoms with Gasteiger partial charge >= 0.3 is 0 Å². The molecule has 4 nitrogen and oxygen atoms in total. The topological polar surface area (TPSA) is 68.0 Å². The SMILES string of the molecule is Cc1csc(C(C)(C)NC(=O)Cc2ccc(N)cc2)n1. The lowest BCUT2D eigenvalue weighted by Gasteiger charge is -2.23. The molecule has 0 radical (unpaired) electrons. The van der Waals surface area contributed by atoms with Gasteiger partial charge in [0, 0.05) is 16.8 Å². The van der Waals surface area contributed by atoms with E-state index in [1.807, 2.05) is 38.3 Å². The Hall–Kier alpha value is -1.88. The number of rotatable bonds is 4. The van der Waals surface area contributed by atoms with Gasteiger partial charge in [-0.1, -0.05) is 12.1 Å². The number of hydrogen-bond donors (Lipinski definition) is 2. The molecule has 0 aliphatic heterocycles. The van der Waals surface area contributed by atoms with Crippen LogP contribution in [0.25, 0.3) is 0 Å². The minimum Gasteiger partial charge on any atom is -0.399 e. The predicted molar refractivity (Wildman–Crippen MR) is 82.6 cm³/mol. The molecular weight excluding hydrogens is 270 g/mol. The van der Waals surface area contributed by atoms with Crippen LogP contribution in [0.2, 0.25) is 0 Å². The monoisotopic (exact) mass is 289 g/mol. The van der Waals surface area contributed by atoms with Crippen molar-refractivity contribution in [2.24, 2.45) is 0 Å². The first-order valence-electron chi connectivity index (χ1n) is 6.45. The third-order valence-electron chi connectivity index (χ3n) is 2.95. The molecule has 2 aromatic rings. The maximum absolute atomic E-state index is 12.1. The van der Waals surface area contributed by atoms with E-state index < -0.39 is 5.54 Å². The van der Waals surface area contributed by atoms with E-state index in [-0.39, 0.29) is 5.91 Å². The molecule has 106 valence electrons. The summed E-state index contributed by atoms with van der Waals surface area (Å²) < 4.78 is 0. The van der Waals surface area contributed by atoms with E-state index in [1.54, 1.807) is 23.5 Å². The Morgan fingerprint density at radius 3 is 2.55 bits per heavy atom. The van der Waals surface area contributed by atoms with Gasteiger partial charge in [-0.3, -0.25) is 4.79 Å². The van der Waals surface area contributed by atoms with Crippen LogP contribution in [0, 0.1) is 6.92 Å². The number of aromatic nitrogens is 1. The van der Waals surface area contributed by atoms with E-state index in [9.17, 15) is 4.79 Å². The Labute approximate surface area is 123 Å². The second kappa shape index (κ2) is 5.63. The molecule has 0 saturated heterocycles. The Kier molecular flexibility index (Phi) is 4.09. The highest BCUT2D eigenvalue weighted by molar-refractivity contribution is 7.09. The average Bonchev–Trinajstić information content (AvgIpc) is 2.79. The first kappa shape index (κ1) is 14.5. The summed E-state index contributed by atoms with van der Waals surface area (Å²) in [6, 6.07) is 7.35. The highest BCUT2D eigenvalue weighted by Gasteiger charge is 2.25. The summed E-state index contributed by atoms with van der Waals surface area (Å²) in [5.41, 5.74) is 7.80. The number of carbonyl (C=O) groups is 1. The number of nitrogen functional groups attached to an aromatic ring is 1. The Bertz CT molecular complexity index is 602. The van der Waals surface area contributed by atoms with Crippen LogP contribution >= 0.6 is 11.3 Å². The molecule has 1 amide bonds. The van der Waals surface area contributed by atoms with Gasteiger partial charge in [0.05, 0.1) is 12.0 Å². The van der Waals surface area contributed by atoms with Crippen molar-refractivity contribution in [3.63, 3.8) is 0 Å². The molecule has 0 aliphatic carbocycles. The molecule has 2 rings (SSSR count). The molecule has 0 saturated carbocycles. The summed E-state index contributed by atoms with van der Waals surface area (Å²) in [5.74, 6) is -0.0207. The van der Waals surface area contributed by atoms with Crippen LogP contribution in [0.1, 0.15) is 30.1 Å². The third kappa shape index (κ3) is 3.57. The normalized spacial score (nSPS) is 11.3. The lowest BCUT2D eigenvalue weighted by Crippen LogP contribution is -2.41. The molecule has 1 aromatic carbocycles. The Balaban J connectivity index is 2.02. The van der Waals surface area contributed by atoms with Crippen LogP contribution in [0.4, 0.5) is 5.69 Å². The van der Waals surface area contributed by atoms with Crippen molar-refractivity contribution < 1.29 is 4.79 Å². The number of aryl methyl sites for hydroxylation is 1. The number of hydrogen-bond acceptors (Lipinski definition) is 4. The van der Waals surface area contributed by atoms with Crippen LogP contribution in [0.5, 0.6) is 0 Å². The fraction of sp³-hybridized carbons (Fsp3) is 0.333. The van der Waals surface area contributed by atoms with Crippen molar-refractivity contribution in [3.05, 3.63) is 45.9 Å². The third-order valence-corrected chi connectivity index (χ3v) is 4.23. The van der Waals surface area contributed by atoms with Crippen molar-refractivity contribution in [1.29, 1.82) is 0 Å². The lowest BCUT2D eigenvalue weighted by atomic mass is 10.1. The van der Waals surface area contributed by atoms with Gasteiger partial charge in [-0.05, 0) is 38.5 Å². The first-order chi connectivity index (χ1) is 9.37. The van der Waals surface area contributed by atoms with Gasteiger partial charge in [0.25, 0.3) is 0 Å². The molecule has 0 fully saturated rings. The number of anilines is 1. The first-order valence-corrected chi connectivity index (χ1v) is 7.33. The smallest absolute Gasteiger partial charge is 0.225 e. The van der Waals surface area contributed by atoms with Crippen molar-refractivity contribution in [1.82, 2.24) is 10.3 Å². The second-order valence-electron chi connectivity index (χ2n) is 5.39. The van der Waals surface area contributed by atoms with E-state index in [4.69, 9.17) is 5.73 Å². The summed E-state index contributed by atoms with van der Waals surface area (Å²) in [6.45, 7) is 5.88. The Morgan fingerprint density at radius 1 is 1.35 bits per heavy atom. The van der Waals surface area contributed by atoms with Crippen molar-refractivity contribution in [3.8, 4) is 0 Å². The molecule has 0 bridgehead atoms. The maximum atomic E-state index is 12.1. The fourth-order valence-corrected chi connectivity index (χ4v) is 2.79. The summed E-state index contributed by atoms with van der Waals surface area (Å²) in [6.07, 6.45) is 0.341. The van der Waals surface area contributed by atoms with Crippen LogP contribution in [-0.4, -0.2) is 10.9 Å². The molecular formula is C15H19N3OS. The van der Waals surface area contributed by atoms with Crippen molar-refractivity contribution >= 4 is 22.9 Å². The molecule has 0 spiro atoms. The quantitative estimate of drug-likeness (QED) is 0.850. The van der Waals surface area contributed by atoms with E-state index in [0.717, 1.165) is 16.3 Å². The highest BCUT2D eigenvalue weighted by atomic mass is 32.1. The van der Waals surface area contributed by atoms with E-state index in [1.165, 1.54) is 0 Å². The lowest BCUT2D eigenvalue weighted by molar-refractivity contribution is -0.122. The number of nitrogens with zero attached hydrogens (tertiary/aromatic N) is 1. The molecule has 1 aromatic heterocycles. The zero-order valence-electron chi connectivity index (χ0n) is 11.9. The predicted octanol–water partition coefficient (Wildman–Crippen LogP) is 2.63. The van der Waals surface area contributed by atoms with Gasteiger partial charge in [0.1, 0.15) is 5.01 Å². The fourth-order valence-electron chi connectivity index (χ4n) is 1.91. The van der Waals surface area contributed by atoms with Gasteiger partial charge in [-0.2, -0.15) is 0 Å². The van der Waals surface area contributed by atoms with Crippen molar-refractivity contribution in [2.75, 3.05) is 5.73 Å². The van der Waals surface area contributed by atoms with Crippen LogP contribution in [0.15, 0.2) is 29.6 Å². The zero-order valence-corrected chi connectivity index (χ0v) is 12.8. The average molecular weight is 289 g/mol. The summed E-state index contributed by atoms with van der Waals surface area (Å²) in [7, 11) is 0. The minimum absolute atomic E-state index is 0.0207. The number of amides is 1. The Morgan fingerprint density at radius 2 is 2.00 bits per heavy atom. The summed E-state index contributed by atoms with van der Waals surface area (Å²) in [5, 5.41) is 5.93. The highest BCUT2D eigenvalue weighted by Crippen LogP contribution is 2.23. The van der Waals surface area contributed by atoms with Gasteiger partial charge in [0.15, 0.2) is 0 Å². The van der Waals surface area contributed by atoms with Gasteiger partial charge in [-0.25, -0.2) is 4.98 Å². The minimum atomic E-state index is -0.455. The molecule has 5 heteroatoms. The van der Waals surface area contributed by atoms with E-state index >= 15 is 0 Å². The standard InChI is InChI=1S/C15H19N3OS/c1-10-9-20-14(17-10)15(2,3)18-13(19)8-11-4-6-12(16)7-5-11/h4-7,9H,8,16H2,1-3H3,(H,18,19). The summed E-state index contributed by atoms with van der Waals surface area (Å²) >= 11 is 1.56. The summed E-state index contributed by atoms with van der Waals surface area (Å²) in [4.78, 5) is 16.6. The molecule has 20 heavy (non-hydrogen) atoms. The number of thiazole rings is 1. The van der Waals surface area contributed by atoms with Gasteiger partial charge < -0.3 is 11.1 Å². The second-order valence-corrected chi connectivity index (χ2v) is 6.24. The van der Waals surface area contributed by atoms with Crippen molar-refractivity contribution in [2.45, 2.75) is 32.7 Å². The van der Waals surface area contributed by atoms with Crippen LogP contribution in [-0.2, 0) is 16.8 Å². The maximum Gasteiger partial charge on any atom is 0.225 e. The van der Waals surface area contributed by atoms with Crippen LogP contribution < -0.4 is 11.1 Å². The molecule has 3 N–H and O–H groups in total.